The van der Waals surface area contributed by atoms with Crippen molar-refractivity contribution >= 4 is 35.6 Å². The molecular weight excluding hydrogens is 180 g/mol. The van der Waals surface area contributed by atoms with Gasteiger partial charge in [0.2, 0.25) is 0 Å². The Morgan fingerprint density at radius 2 is 1.89 bits per heavy atom. The topological polar surface area (TPSA) is 26.0 Å². The van der Waals surface area contributed by atoms with Gasteiger partial charge in [0.25, 0.3) is 0 Å². The van der Waals surface area contributed by atoms with Crippen LogP contribution in [0.5, 0.6) is 0 Å². The van der Waals surface area contributed by atoms with Crippen molar-refractivity contribution in [3.8, 4) is 0 Å². The molecule has 1 saturated carbocycles. The van der Waals surface area contributed by atoms with Crippen LogP contribution in [0.4, 0.5) is 0 Å². The number of halogens is 3. The van der Waals surface area contributed by atoms with E-state index in [9.17, 15) is 0 Å². The van der Waals surface area contributed by atoms with E-state index in [0.717, 1.165) is 6.42 Å². The molecular formula is C5H10Cl3N. The highest BCUT2D eigenvalue weighted by Crippen LogP contribution is 2.62. The van der Waals surface area contributed by atoms with Crippen LogP contribution in [0.15, 0.2) is 0 Å². The van der Waals surface area contributed by atoms with Crippen LogP contribution in [0.25, 0.3) is 0 Å². The summed E-state index contributed by atoms with van der Waals surface area (Å²) in [6, 6.07) is 0. The summed E-state index contributed by atoms with van der Waals surface area (Å²) < 4.78 is -0.526. The predicted molar refractivity (Wildman–Crippen MR) is 43.5 cm³/mol. The first-order valence-corrected chi connectivity index (χ1v) is 3.35. The first kappa shape index (κ1) is 9.83. The van der Waals surface area contributed by atoms with Crippen LogP contribution >= 0.6 is 35.6 Å². The highest BCUT2D eigenvalue weighted by Gasteiger charge is 2.61. The second-order valence-electron chi connectivity index (χ2n) is 2.65. The highest BCUT2D eigenvalue weighted by atomic mass is 35.5. The van der Waals surface area contributed by atoms with Gasteiger partial charge in [0.1, 0.15) is 4.33 Å². The first-order valence-electron chi connectivity index (χ1n) is 2.60. The molecule has 0 aromatic carbocycles. The van der Waals surface area contributed by atoms with Crippen LogP contribution in [0.3, 0.4) is 0 Å². The van der Waals surface area contributed by atoms with Gasteiger partial charge in [-0.25, -0.2) is 0 Å². The van der Waals surface area contributed by atoms with Crippen molar-refractivity contribution < 1.29 is 0 Å². The van der Waals surface area contributed by atoms with Crippen LogP contribution in [0, 0.1) is 5.41 Å². The monoisotopic (exact) mass is 189 g/mol. The van der Waals surface area contributed by atoms with E-state index >= 15 is 0 Å². The van der Waals surface area contributed by atoms with Gasteiger partial charge in [-0.05, 0) is 6.42 Å². The van der Waals surface area contributed by atoms with Gasteiger partial charge in [-0.1, -0.05) is 6.92 Å². The Kier molecular flexibility index (Phi) is 2.69. The Balaban J connectivity index is 0.000000640. The molecule has 9 heavy (non-hydrogen) atoms. The maximum absolute atomic E-state index is 5.73. The Morgan fingerprint density at radius 1 is 1.56 bits per heavy atom. The first-order chi connectivity index (χ1) is 3.52. The quantitative estimate of drug-likeness (QED) is 0.629. The minimum absolute atomic E-state index is 0. The van der Waals surface area contributed by atoms with Gasteiger partial charge >= 0.3 is 0 Å². The molecule has 0 heterocycles. The van der Waals surface area contributed by atoms with E-state index < -0.39 is 4.33 Å². The Morgan fingerprint density at radius 3 is 1.89 bits per heavy atom. The third-order valence-corrected chi connectivity index (χ3v) is 3.00. The van der Waals surface area contributed by atoms with E-state index in [1.807, 2.05) is 6.92 Å². The fourth-order valence-corrected chi connectivity index (χ4v) is 1.41. The molecule has 0 aliphatic heterocycles. The lowest BCUT2D eigenvalue weighted by molar-refractivity contribution is 0.579. The maximum Gasteiger partial charge on any atom is 0.125 e. The van der Waals surface area contributed by atoms with E-state index in [-0.39, 0.29) is 17.8 Å². The van der Waals surface area contributed by atoms with Gasteiger partial charge in [-0.15, -0.1) is 35.6 Å². The summed E-state index contributed by atoms with van der Waals surface area (Å²) in [5.41, 5.74) is 5.37. The van der Waals surface area contributed by atoms with Crippen molar-refractivity contribution in [3.63, 3.8) is 0 Å². The summed E-state index contributed by atoms with van der Waals surface area (Å²) in [7, 11) is 0. The fraction of sp³-hybridized carbons (Fsp3) is 1.00. The van der Waals surface area contributed by atoms with Crippen molar-refractivity contribution in [2.75, 3.05) is 6.54 Å². The van der Waals surface area contributed by atoms with E-state index in [1.54, 1.807) is 0 Å². The fourth-order valence-electron chi connectivity index (χ4n) is 0.667. The second kappa shape index (κ2) is 2.46. The van der Waals surface area contributed by atoms with E-state index in [0.29, 0.717) is 6.54 Å². The van der Waals surface area contributed by atoms with Crippen LogP contribution in [0.2, 0.25) is 0 Å². The van der Waals surface area contributed by atoms with E-state index in [2.05, 4.69) is 0 Å². The molecule has 0 amide bonds. The van der Waals surface area contributed by atoms with E-state index in [4.69, 9.17) is 28.9 Å². The predicted octanol–water partition coefficient (Wildman–Crippen LogP) is 1.95. The normalized spacial score (nSPS) is 37.3. The zero-order valence-electron chi connectivity index (χ0n) is 5.16. The molecule has 4 heteroatoms. The molecule has 1 rings (SSSR count). The third kappa shape index (κ3) is 1.45. The average Bonchev–Trinajstić information content (AvgIpc) is 2.10. The molecule has 1 aliphatic carbocycles. The summed E-state index contributed by atoms with van der Waals surface area (Å²) in [6.45, 7) is 2.58. The van der Waals surface area contributed by atoms with Crippen molar-refractivity contribution in [2.24, 2.45) is 11.1 Å². The van der Waals surface area contributed by atoms with Crippen LogP contribution in [0.1, 0.15) is 13.3 Å². The van der Waals surface area contributed by atoms with Gasteiger partial charge in [0.15, 0.2) is 0 Å². The Hall–Kier alpha value is 0.830. The highest BCUT2D eigenvalue weighted by molar-refractivity contribution is 6.51. The summed E-state index contributed by atoms with van der Waals surface area (Å²) in [5.74, 6) is 0. The van der Waals surface area contributed by atoms with E-state index in [1.165, 1.54) is 0 Å². The standard InChI is InChI=1S/C5H9Cl2N.ClH/c1-4(3-8)2-5(4,6)7;/h2-3,8H2,1H3;1H. The number of hydrogen-bond donors (Lipinski definition) is 1. The lowest BCUT2D eigenvalue weighted by Gasteiger charge is -2.05. The van der Waals surface area contributed by atoms with Crippen molar-refractivity contribution in [1.29, 1.82) is 0 Å². The molecule has 2 N–H and O–H groups in total. The molecule has 0 aromatic heterocycles. The number of nitrogens with two attached hydrogens (primary N) is 1. The molecule has 0 aromatic rings. The number of hydrogen-bond acceptors (Lipinski definition) is 1. The third-order valence-electron chi connectivity index (χ3n) is 1.82. The largest absolute Gasteiger partial charge is 0.330 e. The van der Waals surface area contributed by atoms with Gasteiger partial charge in [0, 0.05) is 12.0 Å². The molecule has 1 aliphatic rings. The van der Waals surface area contributed by atoms with Crippen molar-refractivity contribution in [2.45, 2.75) is 17.7 Å². The molecule has 1 atom stereocenters. The van der Waals surface area contributed by atoms with Gasteiger partial charge in [-0.3, -0.25) is 0 Å². The summed E-state index contributed by atoms with van der Waals surface area (Å²) >= 11 is 11.5. The molecule has 1 unspecified atom stereocenters. The van der Waals surface area contributed by atoms with Crippen molar-refractivity contribution in [1.82, 2.24) is 0 Å². The Bertz CT molecular complexity index is 115. The summed E-state index contributed by atoms with van der Waals surface area (Å²) in [5, 5.41) is 0. The average molecular weight is 191 g/mol. The molecule has 0 bridgehead atoms. The summed E-state index contributed by atoms with van der Waals surface area (Å²) in [6.07, 6.45) is 0.833. The zero-order chi connectivity index (χ0) is 6.41. The van der Waals surface area contributed by atoms with Gasteiger partial charge in [0.05, 0.1) is 0 Å². The second-order valence-corrected chi connectivity index (χ2v) is 4.13. The smallest absolute Gasteiger partial charge is 0.125 e. The molecule has 0 saturated heterocycles. The minimum Gasteiger partial charge on any atom is -0.330 e. The van der Waals surface area contributed by atoms with Crippen molar-refractivity contribution in [3.05, 3.63) is 0 Å². The SMILES string of the molecule is CC1(CN)CC1(Cl)Cl.Cl. The molecule has 0 spiro atoms. The lowest BCUT2D eigenvalue weighted by Crippen LogP contribution is -2.17. The van der Waals surface area contributed by atoms with Crippen LogP contribution < -0.4 is 5.73 Å². The summed E-state index contributed by atoms with van der Waals surface area (Å²) in [4.78, 5) is 0. The molecule has 1 fully saturated rings. The zero-order valence-corrected chi connectivity index (χ0v) is 7.48. The molecule has 56 valence electrons. The van der Waals surface area contributed by atoms with Crippen LogP contribution in [-0.4, -0.2) is 10.9 Å². The molecule has 1 nitrogen and oxygen atoms in total. The number of rotatable bonds is 1. The van der Waals surface area contributed by atoms with Gasteiger partial charge < -0.3 is 5.73 Å². The van der Waals surface area contributed by atoms with Crippen LogP contribution in [-0.2, 0) is 0 Å². The lowest BCUT2D eigenvalue weighted by atomic mass is 10.1. The number of alkyl halides is 2. The minimum atomic E-state index is -0.526. The maximum atomic E-state index is 5.73. The Labute approximate surface area is 71.3 Å². The van der Waals surface area contributed by atoms with Gasteiger partial charge in [-0.2, -0.15) is 0 Å². The molecule has 0 radical (unpaired) electrons.